The molecular formula is C12H16N2O. The third-order valence-corrected chi connectivity index (χ3v) is 2.68. The summed E-state index contributed by atoms with van der Waals surface area (Å²) < 4.78 is 2.20. The highest BCUT2D eigenvalue weighted by molar-refractivity contribution is 5.82. The average molecular weight is 204 g/mol. The summed E-state index contributed by atoms with van der Waals surface area (Å²) in [4.78, 5) is 0. The lowest BCUT2D eigenvalue weighted by Crippen LogP contribution is -2.06. The summed E-state index contributed by atoms with van der Waals surface area (Å²) >= 11 is 0. The molecule has 1 heterocycles. The summed E-state index contributed by atoms with van der Waals surface area (Å²) in [6.07, 6.45) is 0.959. The molecule has 0 aliphatic rings. The minimum absolute atomic E-state index is 0.314. The first kappa shape index (κ1) is 10.1. The van der Waals surface area contributed by atoms with Gasteiger partial charge in [-0.05, 0) is 38.1 Å². The molecule has 15 heavy (non-hydrogen) atoms. The number of nitrogens with zero attached hydrogens (tertiary/aromatic N) is 1. The topological polar surface area (TPSA) is 51.2 Å². The van der Waals surface area contributed by atoms with Crippen molar-refractivity contribution in [3.05, 3.63) is 30.0 Å². The fourth-order valence-electron chi connectivity index (χ4n) is 1.93. The van der Waals surface area contributed by atoms with Gasteiger partial charge in [0.05, 0.1) is 5.52 Å². The number of nitrogens with two attached hydrogens (primary N) is 1. The number of aryl methyl sites for hydroxylation is 2. The second-order valence-electron chi connectivity index (χ2n) is 3.82. The number of phenolic OH excluding ortho intramolecular Hbond substituents is 1. The maximum absolute atomic E-state index is 9.45. The van der Waals surface area contributed by atoms with Crippen LogP contribution in [0.2, 0.25) is 0 Å². The van der Waals surface area contributed by atoms with Crippen molar-refractivity contribution in [3.8, 4) is 5.75 Å². The van der Waals surface area contributed by atoms with E-state index in [9.17, 15) is 5.11 Å². The van der Waals surface area contributed by atoms with Crippen molar-refractivity contribution in [1.82, 2.24) is 4.57 Å². The van der Waals surface area contributed by atoms with Crippen LogP contribution in [0.15, 0.2) is 24.3 Å². The third-order valence-electron chi connectivity index (χ3n) is 2.68. The predicted molar refractivity (Wildman–Crippen MR) is 62.0 cm³/mol. The summed E-state index contributed by atoms with van der Waals surface area (Å²) in [6, 6.07) is 7.59. The summed E-state index contributed by atoms with van der Waals surface area (Å²) in [5.41, 5.74) is 7.80. The standard InChI is InChI=1S/C12H16N2O/c1-9-7-10-3-4-11(15)8-12(10)14(9)6-2-5-13/h3-4,7-8,15H,2,5-6,13H2,1H3. The molecule has 0 amide bonds. The fraction of sp³-hybridized carbons (Fsp3) is 0.333. The van der Waals surface area contributed by atoms with Crippen LogP contribution in [0, 0.1) is 6.92 Å². The second kappa shape index (κ2) is 3.95. The Labute approximate surface area is 89.1 Å². The summed E-state index contributed by atoms with van der Waals surface area (Å²) in [6.45, 7) is 3.68. The van der Waals surface area contributed by atoms with Gasteiger partial charge in [0, 0.05) is 23.7 Å². The summed E-state index contributed by atoms with van der Waals surface area (Å²) in [7, 11) is 0. The van der Waals surface area contributed by atoms with Crippen LogP contribution in [0.3, 0.4) is 0 Å². The zero-order valence-electron chi connectivity index (χ0n) is 8.90. The Morgan fingerprint density at radius 1 is 1.33 bits per heavy atom. The molecule has 0 radical (unpaired) electrons. The maximum atomic E-state index is 9.45. The highest BCUT2D eigenvalue weighted by Gasteiger charge is 2.05. The van der Waals surface area contributed by atoms with Crippen molar-refractivity contribution >= 4 is 10.9 Å². The van der Waals surface area contributed by atoms with E-state index in [2.05, 4.69) is 17.6 Å². The average Bonchev–Trinajstić information content (AvgIpc) is 2.51. The molecule has 0 atom stereocenters. The summed E-state index contributed by atoms with van der Waals surface area (Å²) in [5, 5.41) is 10.6. The first-order chi connectivity index (χ1) is 7.22. The number of fused-ring (bicyclic) bond motifs is 1. The quantitative estimate of drug-likeness (QED) is 0.803. The smallest absolute Gasteiger partial charge is 0.117 e. The molecule has 3 N–H and O–H groups in total. The van der Waals surface area contributed by atoms with Gasteiger partial charge in [-0.15, -0.1) is 0 Å². The number of hydrogen-bond donors (Lipinski definition) is 2. The number of phenols is 1. The van der Waals surface area contributed by atoms with Crippen LogP contribution >= 0.6 is 0 Å². The molecule has 1 aromatic carbocycles. The Hall–Kier alpha value is -1.48. The van der Waals surface area contributed by atoms with E-state index in [1.165, 1.54) is 11.1 Å². The second-order valence-corrected chi connectivity index (χ2v) is 3.82. The van der Waals surface area contributed by atoms with Crippen molar-refractivity contribution in [2.75, 3.05) is 6.54 Å². The van der Waals surface area contributed by atoms with Crippen LogP contribution in [-0.4, -0.2) is 16.2 Å². The molecule has 1 aromatic heterocycles. The van der Waals surface area contributed by atoms with Gasteiger partial charge in [-0.2, -0.15) is 0 Å². The lowest BCUT2D eigenvalue weighted by molar-refractivity contribution is 0.475. The zero-order valence-corrected chi connectivity index (χ0v) is 8.90. The number of hydrogen-bond acceptors (Lipinski definition) is 2. The van der Waals surface area contributed by atoms with E-state index in [1.54, 1.807) is 12.1 Å². The zero-order chi connectivity index (χ0) is 10.8. The molecule has 0 fully saturated rings. The highest BCUT2D eigenvalue weighted by Crippen LogP contribution is 2.23. The molecule has 0 bridgehead atoms. The van der Waals surface area contributed by atoms with E-state index in [-0.39, 0.29) is 0 Å². The Bertz CT molecular complexity index is 474. The molecule has 3 nitrogen and oxygen atoms in total. The number of rotatable bonds is 3. The van der Waals surface area contributed by atoms with E-state index in [1.807, 2.05) is 6.07 Å². The molecule has 0 spiro atoms. The normalized spacial score (nSPS) is 11.1. The molecule has 0 saturated heterocycles. The predicted octanol–water partition coefficient (Wildman–Crippen LogP) is 2.00. The van der Waals surface area contributed by atoms with Crippen LogP contribution in [0.25, 0.3) is 10.9 Å². The Morgan fingerprint density at radius 2 is 2.13 bits per heavy atom. The molecular weight excluding hydrogens is 188 g/mol. The number of benzene rings is 1. The van der Waals surface area contributed by atoms with Gasteiger partial charge in [0.25, 0.3) is 0 Å². The van der Waals surface area contributed by atoms with Gasteiger partial charge < -0.3 is 15.4 Å². The van der Waals surface area contributed by atoms with Crippen LogP contribution in [0.4, 0.5) is 0 Å². The molecule has 2 rings (SSSR count). The molecule has 0 aliphatic carbocycles. The number of aromatic hydroxyl groups is 1. The van der Waals surface area contributed by atoms with E-state index >= 15 is 0 Å². The Balaban J connectivity index is 2.50. The molecule has 3 heteroatoms. The molecule has 2 aromatic rings. The minimum Gasteiger partial charge on any atom is -0.508 e. The van der Waals surface area contributed by atoms with E-state index in [4.69, 9.17) is 5.73 Å². The molecule has 0 saturated carbocycles. The summed E-state index contributed by atoms with van der Waals surface area (Å²) in [5.74, 6) is 0.314. The van der Waals surface area contributed by atoms with E-state index in [0.717, 1.165) is 18.5 Å². The maximum Gasteiger partial charge on any atom is 0.117 e. The van der Waals surface area contributed by atoms with Crippen LogP contribution in [-0.2, 0) is 6.54 Å². The molecule has 0 aliphatic heterocycles. The first-order valence-electron chi connectivity index (χ1n) is 5.21. The fourth-order valence-corrected chi connectivity index (χ4v) is 1.93. The highest BCUT2D eigenvalue weighted by atomic mass is 16.3. The van der Waals surface area contributed by atoms with Gasteiger partial charge in [0.1, 0.15) is 5.75 Å². The van der Waals surface area contributed by atoms with Gasteiger partial charge >= 0.3 is 0 Å². The Morgan fingerprint density at radius 3 is 2.87 bits per heavy atom. The SMILES string of the molecule is Cc1cc2ccc(O)cc2n1CCCN. The Kier molecular flexibility index (Phi) is 2.64. The van der Waals surface area contributed by atoms with Gasteiger partial charge in [-0.25, -0.2) is 0 Å². The van der Waals surface area contributed by atoms with Gasteiger partial charge in [0.2, 0.25) is 0 Å². The van der Waals surface area contributed by atoms with Crippen LogP contribution in [0.5, 0.6) is 5.75 Å². The largest absolute Gasteiger partial charge is 0.508 e. The lowest BCUT2D eigenvalue weighted by atomic mass is 10.2. The van der Waals surface area contributed by atoms with Crippen molar-refractivity contribution < 1.29 is 5.11 Å². The van der Waals surface area contributed by atoms with Gasteiger partial charge in [0.15, 0.2) is 0 Å². The lowest BCUT2D eigenvalue weighted by Gasteiger charge is -2.07. The van der Waals surface area contributed by atoms with Crippen molar-refractivity contribution in [1.29, 1.82) is 0 Å². The van der Waals surface area contributed by atoms with Crippen molar-refractivity contribution in [2.45, 2.75) is 19.9 Å². The molecule has 80 valence electrons. The first-order valence-corrected chi connectivity index (χ1v) is 5.21. The van der Waals surface area contributed by atoms with Crippen LogP contribution in [0.1, 0.15) is 12.1 Å². The molecule has 0 unspecified atom stereocenters. The van der Waals surface area contributed by atoms with Gasteiger partial charge in [-0.1, -0.05) is 0 Å². The number of aromatic nitrogens is 1. The van der Waals surface area contributed by atoms with Crippen molar-refractivity contribution in [2.24, 2.45) is 5.73 Å². The minimum atomic E-state index is 0.314. The van der Waals surface area contributed by atoms with Crippen molar-refractivity contribution in [3.63, 3.8) is 0 Å². The monoisotopic (exact) mass is 204 g/mol. The van der Waals surface area contributed by atoms with E-state index in [0.29, 0.717) is 12.3 Å². The third kappa shape index (κ3) is 1.83. The van der Waals surface area contributed by atoms with Crippen LogP contribution < -0.4 is 5.73 Å². The van der Waals surface area contributed by atoms with Gasteiger partial charge in [-0.3, -0.25) is 0 Å². The van der Waals surface area contributed by atoms with E-state index < -0.39 is 0 Å².